The van der Waals surface area contributed by atoms with Crippen molar-refractivity contribution in [3.8, 4) is 0 Å². The minimum Gasteiger partial charge on any atom is -0.757 e. The van der Waals surface area contributed by atoms with Crippen molar-refractivity contribution in [2.45, 2.75) is 45.6 Å². The van der Waals surface area contributed by atoms with Gasteiger partial charge in [0.15, 0.2) is 0 Å². The van der Waals surface area contributed by atoms with E-state index in [9.17, 15) is 28.4 Å². The molecule has 1 spiro atoms. The fourth-order valence-electron chi connectivity index (χ4n) is 6.48. The monoisotopic (exact) mass is 547 g/mol. The van der Waals surface area contributed by atoms with Crippen LogP contribution in [-0.4, -0.2) is 40.8 Å². The second kappa shape index (κ2) is 9.26. The molecular formula is C30H29F2N4O4-. The minimum absolute atomic E-state index is 0.185. The fraction of sp³-hybridized carbons (Fsp3) is 0.367. The van der Waals surface area contributed by atoms with Crippen LogP contribution < -0.4 is 10.6 Å². The standard InChI is InChI=1S/C30H29F2N4O4/c1-29(2)8-7-24(18-10-20(31)13-21(32)11-18)35(28(29)39)16-25(37)33-22-6-5-17-14-30(15-19(17)12-22)23-4-3-9-36(40)26(23)34-27(30)38/h3-6,10-13,24H,7-9,14-16H2,1-2H3,(H,33,37)(H,34,38)/q-1/t24-,30+/m0/s1. The lowest BCUT2D eigenvalue weighted by Gasteiger charge is -2.43. The van der Waals surface area contributed by atoms with E-state index in [2.05, 4.69) is 10.6 Å². The molecule has 2 atom stereocenters. The summed E-state index contributed by atoms with van der Waals surface area (Å²) in [5.41, 5.74) is 1.78. The second-order valence-corrected chi connectivity index (χ2v) is 11.7. The third-order valence-electron chi connectivity index (χ3n) is 8.56. The second-order valence-electron chi connectivity index (χ2n) is 11.7. The molecule has 0 aromatic heterocycles. The van der Waals surface area contributed by atoms with E-state index >= 15 is 0 Å². The molecule has 0 radical (unpaired) electrons. The number of hydroxylamine groups is 2. The van der Waals surface area contributed by atoms with E-state index in [-0.39, 0.29) is 24.9 Å². The Morgan fingerprint density at radius 1 is 1.10 bits per heavy atom. The number of hydrogen-bond acceptors (Lipinski definition) is 5. The van der Waals surface area contributed by atoms with Gasteiger partial charge in [0.25, 0.3) is 0 Å². The van der Waals surface area contributed by atoms with Gasteiger partial charge in [-0.1, -0.05) is 32.1 Å². The van der Waals surface area contributed by atoms with Gasteiger partial charge in [-0.15, -0.1) is 0 Å². The Kier molecular flexibility index (Phi) is 6.06. The Bertz CT molecular complexity index is 1500. The molecule has 6 rings (SSSR count). The van der Waals surface area contributed by atoms with Gasteiger partial charge in [0, 0.05) is 29.3 Å². The van der Waals surface area contributed by atoms with Crippen molar-refractivity contribution in [1.29, 1.82) is 0 Å². The van der Waals surface area contributed by atoms with Crippen molar-refractivity contribution in [2.24, 2.45) is 10.8 Å². The van der Waals surface area contributed by atoms with Gasteiger partial charge in [0.05, 0.1) is 11.5 Å². The molecule has 1 fully saturated rings. The number of likely N-dealkylation sites (tertiary alicyclic amines) is 1. The number of allylic oxidation sites excluding steroid dienone is 1. The van der Waals surface area contributed by atoms with E-state index < -0.39 is 34.4 Å². The number of hydrogen-bond donors (Lipinski definition) is 2. The quantitative estimate of drug-likeness (QED) is 0.600. The van der Waals surface area contributed by atoms with Gasteiger partial charge in [0.1, 0.15) is 24.0 Å². The zero-order chi connectivity index (χ0) is 28.4. The number of carbonyl (C=O) groups excluding carboxylic acids is 3. The molecule has 1 aliphatic carbocycles. The van der Waals surface area contributed by atoms with Crippen LogP contribution in [0.15, 0.2) is 59.9 Å². The zero-order valence-corrected chi connectivity index (χ0v) is 22.2. The van der Waals surface area contributed by atoms with Crippen molar-refractivity contribution in [3.63, 3.8) is 0 Å². The predicted octanol–water partition coefficient (Wildman–Crippen LogP) is 4.09. The number of amides is 3. The zero-order valence-electron chi connectivity index (χ0n) is 22.2. The highest BCUT2D eigenvalue weighted by Gasteiger charge is 2.52. The Morgan fingerprint density at radius 3 is 2.58 bits per heavy atom. The van der Waals surface area contributed by atoms with Crippen LogP contribution in [0.3, 0.4) is 0 Å². The Hall–Kier alpha value is -4.05. The molecule has 2 N–H and O–H groups in total. The van der Waals surface area contributed by atoms with Crippen molar-refractivity contribution < 1.29 is 23.2 Å². The Labute approximate surface area is 230 Å². The number of carbonyl (C=O) groups is 3. The summed E-state index contributed by atoms with van der Waals surface area (Å²) in [5.74, 6) is -2.09. The van der Waals surface area contributed by atoms with Gasteiger partial charge in [-0.2, -0.15) is 0 Å². The highest BCUT2D eigenvalue weighted by molar-refractivity contribution is 5.96. The first-order valence-electron chi connectivity index (χ1n) is 13.3. The maximum absolute atomic E-state index is 14.0. The minimum atomic E-state index is -0.862. The van der Waals surface area contributed by atoms with Crippen molar-refractivity contribution in [3.05, 3.63) is 93.5 Å². The van der Waals surface area contributed by atoms with Gasteiger partial charge in [-0.05, 0) is 66.6 Å². The Balaban J connectivity index is 1.21. The topological polar surface area (TPSA) is 105 Å². The van der Waals surface area contributed by atoms with Crippen molar-refractivity contribution >= 4 is 23.4 Å². The first-order chi connectivity index (χ1) is 19.0. The maximum atomic E-state index is 14.0. The molecule has 1 saturated heterocycles. The van der Waals surface area contributed by atoms with E-state index in [1.807, 2.05) is 18.2 Å². The lowest BCUT2D eigenvalue weighted by molar-refractivity contribution is -0.150. The Morgan fingerprint density at radius 2 is 1.82 bits per heavy atom. The molecule has 3 amide bonds. The van der Waals surface area contributed by atoms with Crippen LogP contribution in [0, 0.1) is 27.7 Å². The summed E-state index contributed by atoms with van der Waals surface area (Å²) in [4.78, 5) is 41.0. The summed E-state index contributed by atoms with van der Waals surface area (Å²) < 4.78 is 28.0. The third kappa shape index (κ3) is 4.27. The van der Waals surface area contributed by atoms with Crippen LogP contribution in [0.25, 0.3) is 0 Å². The summed E-state index contributed by atoms with van der Waals surface area (Å²) in [6, 6.07) is 7.97. The maximum Gasteiger partial charge on any atom is 0.244 e. The molecule has 8 nitrogen and oxygen atoms in total. The normalized spacial score (nSPS) is 24.9. The lowest BCUT2D eigenvalue weighted by Crippen LogP contribution is -2.50. The summed E-state index contributed by atoms with van der Waals surface area (Å²) in [5, 5.41) is 18.6. The average molecular weight is 548 g/mol. The van der Waals surface area contributed by atoms with E-state index in [0.717, 1.165) is 22.3 Å². The first kappa shape index (κ1) is 26.2. The number of anilines is 1. The third-order valence-corrected chi connectivity index (χ3v) is 8.56. The highest BCUT2D eigenvalue weighted by atomic mass is 19.1. The molecule has 208 valence electrons. The van der Waals surface area contributed by atoms with E-state index in [4.69, 9.17) is 0 Å². The number of fused-ring (bicyclic) bond motifs is 2. The summed E-state index contributed by atoms with van der Waals surface area (Å²) in [6.45, 7) is 3.50. The molecule has 0 bridgehead atoms. The molecular weight excluding hydrogens is 518 g/mol. The van der Waals surface area contributed by atoms with Crippen molar-refractivity contribution in [2.75, 3.05) is 18.4 Å². The van der Waals surface area contributed by atoms with Crippen LogP contribution in [-0.2, 0) is 27.2 Å². The van der Waals surface area contributed by atoms with Gasteiger partial charge in [-0.3, -0.25) is 14.4 Å². The van der Waals surface area contributed by atoms with Crippen molar-refractivity contribution in [1.82, 2.24) is 15.3 Å². The molecule has 2 aromatic carbocycles. The molecule has 40 heavy (non-hydrogen) atoms. The molecule has 10 heteroatoms. The molecule has 0 unspecified atom stereocenters. The first-order valence-corrected chi connectivity index (χ1v) is 13.3. The molecule has 4 aliphatic rings. The van der Waals surface area contributed by atoms with Crippen LogP contribution in [0.4, 0.5) is 14.5 Å². The predicted molar refractivity (Wildman–Crippen MR) is 143 cm³/mol. The van der Waals surface area contributed by atoms with E-state index in [1.54, 1.807) is 26.0 Å². The van der Waals surface area contributed by atoms with Gasteiger partial charge in [0.2, 0.25) is 17.7 Å². The smallest absolute Gasteiger partial charge is 0.244 e. The number of rotatable bonds is 4. The molecule has 3 aliphatic heterocycles. The highest BCUT2D eigenvalue weighted by Crippen LogP contribution is 2.49. The van der Waals surface area contributed by atoms with Gasteiger partial charge in [-0.25, -0.2) is 8.78 Å². The molecule has 3 heterocycles. The summed E-state index contributed by atoms with van der Waals surface area (Å²) >= 11 is 0. The average Bonchev–Trinajstić information content (AvgIpc) is 3.39. The molecule has 0 saturated carbocycles. The number of piperidine rings is 1. The van der Waals surface area contributed by atoms with E-state index in [1.165, 1.54) is 17.0 Å². The largest absolute Gasteiger partial charge is 0.757 e. The van der Waals surface area contributed by atoms with Crippen LogP contribution >= 0.6 is 0 Å². The van der Waals surface area contributed by atoms with Crippen LogP contribution in [0.5, 0.6) is 0 Å². The fourth-order valence-corrected chi connectivity index (χ4v) is 6.48. The number of benzene rings is 2. The van der Waals surface area contributed by atoms with E-state index in [0.29, 0.717) is 48.3 Å². The van der Waals surface area contributed by atoms with Crippen LogP contribution in [0.2, 0.25) is 0 Å². The van der Waals surface area contributed by atoms with Gasteiger partial charge >= 0.3 is 0 Å². The van der Waals surface area contributed by atoms with Gasteiger partial charge < -0.3 is 25.8 Å². The number of halogens is 2. The lowest BCUT2D eigenvalue weighted by atomic mass is 9.78. The SMILES string of the molecule is CC1(C)CC[C@@H](c2cc(F)cc(F)c2)N(CC(=O)Nc2ccc3c(c2)C[C@@]2(C3)C(=O)NC3=C2C=CCN3[O-])C1=O. The summed E-state index contributed by atoms with van der Waals surface area (Å²) in [7, 11) is 0. The summed E-state index contributed by atoms with van der Waals surface area (Å²) in [6.07, 6.45) is 5.41. The van der Waals surface area contributed by atoms with Crippen LogP contribution in [0.1, 0.15) is 49.4 Å². The molecule has 2 aromatic rings. The number of nitrogens with zero attached hydrogens (tertiary/aromatic N) is 2. The number of nitrogens with one attached hydrogen (secondary N) is 2.